The molecule has 0 aliphatic heterocycles. The van der Waals surface area contributed by atoms with Crippen LogP contribution in [-0.2, 0) is 4.79 Å². The number of hydrogen-bond acceptors (Lipinski definition) is 5. The van der Waals surface area contributed by atoms with E-state index >= 15 is 0 Å². The minimum absolute atomic E-state index is 0.0278. The summed E-state index contributed by atoms with van der Waals surface area (Å²) in [7, 11) is 1.56. The predicted molar refractivity (Wildman–Crippen MR) is 116 cm³/mol. The van der Waals surface area contributed by atoms with Gasteiger partial charge < -0.3 is 14.5 Å². The summed E-state index contributed by atoms with van der Waals surface area (Å²) in [4.78, 5) is 11.9. The molecular weight excluding hydrogens is 437 g/mol. The van der Waals surface area contributed by atoms with E-state index in [-0.39, 0.29) is 12.5 Å². The van der Waals surface area contributed by atoms with Gasteiger partial charge >= 0.3 is 0 Å². The van der Waals surface area contributed by atoms with E-state index in [0.717, 1.165) is 0 Å². The number of nitrogens with zero attached hydrogens (tertiary/aromatic N) is 1. The van der Waals surface area contributed by atoms with Crippen molar-refractivity contribution in [3.63, 3.8) is 0 Å². The van der Waals surface area contributed by atoms with E-state index in [0.29, 0.717) is 43.6 Å². The Balaban J connectivity index is 1.57. The number of hydrogen-bond donors (Lipinski definition) is 2. The Morgan fingerprint density at radius 1 is 1.10 bits per heavy atom. The molecule has 1 aromatic heterocycles. The molecule has 0 bridgehead atoms. The lowest BCUT2D eigenvalue weighted by atomic mass is 10.2. The number of nitrogens with one attached hydrogen (secondary N) is 2. The molecule has 0 radical (unpaired) electrons. The fraction of sp³-hybridized carbons (Fsp3) is 0.100. The minimum Gasteiger partial charge on any atom is -0.495 e. The van der Waals surface area contributed by atoms with Crippen LogP contribution in [0.2, 0.25) is 15.1 Å². The van der Waals surface area contributed by atoms with Crippen molar-refractivity contribution in [2.75, 3.05) is 19.0 Å². The first-order valence-corrected chi connectivity index (χ1v) is 9.55. The maximum atomic E-state index is 11.9. The van der Waals surface area contributed by atoms with Crippen molar-refractivity contribution in [1.82, 2.24) is 5.43 Å². The molecule has 3 aromatic rings. The summed E-state index contributed by atoms with van der Waals surface area (Å²) in [6, 6.07) is 13.9. The zero-order valence-electron chi connectivity index (χ0n) is 15.2. The number of methoxy groups -OCH3 is 1. The fourth-order valence-corrected chi connectivity index (χ4v) is 3.09. The normalized spacial score (nSPS) is 10.9. The number of rotatable bonds is 7. The second kappa shape index (κ2) is 9.69. The Hall–Kier alpha value is -2.67. The number of amides is 1. The van der Waals surface area contributed by atoms with Crippen LogP contribution in [0, 0.1) is 0 Å². The number of benzene rings is 2. The lowest BCUT2D eigenvalue weighted by Crippen LogP contribution is -2.26. The molecule has 2 N–H and O–H groups in total. The van der Waals surface area contributed by atoms with Crippen LogP contribution in [0.4, 0.5) is 5.69 Å². The first-order valence-electron chi connectivity index (χ1n) is 8.41. The van der Waals surface area contributed by atoms with Gasteiger partial charge in [-0.2, -0.15) is 5.10 Å². The first-order chi connectivity index (χ1) is 14.0. The van der Waals surface area contributed by atoms with Crippen molar-refractivity contribution in [1.29, 1.82) is 0 Å². The average molecular weight is 453 g/mol. The highest BCUT2D eigenvalue weighted by Gasteiger charge is 2.11. The maximum Gasteiger partial charge on any atom is 0.259 e. The van der Waals surface area contributed by atoms with Crippen LogP contribution in [-0.4, -0.2) is 25.8 Å². The Kier molecular flexibility index (Phi) is 7.04. The summed E-state index contributed by atoms with van der Waals surface area (Å²) in [5.41, 5.74) is 3.73. The molecule has 0 aliphatic carbocycles. The molecule has 6 nitrogen and oxygen atoms in total. The number of ether oxygens (including phenoxy) is 1. The van der Waals surface area contributed by atoms with Crippen LogP contribution in [0.1, 0.15) is 5.76 Å². The van der Waals surface area contributed by atoms with Gasteiger partial charge in [-0.3, -0.25) is 4.79 Å². The van der Waals surface area contributed by atoms with Crippen molar-refractivity contribution < 1.29 is 13.9 Å². The van der Waals surface area contributed by atoms with Gasteiger partial charge in [0.1, 0.15) is 17.3 Å². The fourth-order valence-electron chi connectivity index (χ4n) is 2.45. The molecule has 1 heterocycles. The summed E-state index contributed by atoms with van der Waals surface area (Å²) in [5.74, 6) is 1.25. The first kappa shape index (κ1) is 21.0. The van der Waals surface area contributed by atoms with Gasteiger partial charge in [0, 0.05) is 5.56 Å². The molecule has 0 atom stereocenters. The van der Waals surface area contributed by atoms with Crippen LogP contribution in [0.25, 0.3) is 11.3 Å². The average Bonchev–Trinajstić information content (AvgIpc) is 3.18. The summed E-state index contributed by atoms with van der Waals surface area (Å²) in [6.07, 6.45) is 1.38. The quantitative estimate of drug-likeness (QED) is 0.283. The van der Waals surface area contributed by atoms with Crippen molar-refractivity contribution in [3.05, 3.63) is 69.4 Å². The van der Waals surface area contributed by atoms with Gasteiger partial charge in [-0.05, 0) is 36.4 Å². The van der Waals surface area contributed by atoms with E-state index < -0.39 is 0 Å². The molecule has 2 aromatic carbocycles. The summed E-state index contributed by atoms with van der Waals surface area (Å²) in [5, 5.41) is 8.01. The monoisotopic (exact) mass is 451 g/mol. The molecular formula is C20H16Cl3N3O3. The smallest absolute Gasteiger partial charge is 0.259 e. The molecule has 0 saturated heterocycles. The molecule has 29 heavy (non-hydrogen) atoms. The third-order valence-corrected chi connectivity index (χ3v) is 4.86. The molecule has 0 aliphatic rings. The maximum absolute atomic E-state index is 11.9. The number of hydrazone groups is 1. The van der Waals surface area contributed by atoms with Crippen molar-refractivity contribution in [2.24, 2.45) is 5.10 Å². The topological polar surface area (TPSA) is 75.9 Å². The Labute approximate surface area is 182 Å². The van der Waals surface area contributed by atoms with Gasteiger partial charge in [-0.25, -0.2) is 5.43 Å². The van der Waals surface area contributed by atoms with Gasteiger partial charge in [-0.1, -0.05) is 46.9 Å². The number of carbonyl (C=O) groups excluding carboxylic acids is 1. The van der Waals surface area contributed by atoms with E-state index in [4.69, 9.17) is 44.0 Å². The number of furan rings is 1. The van der Waals surface area contributed by atoms with Gasteiger partial charge in [-0.15, -0.1) is 0 Å². The third kappa shape index (κ3) is 5.44. The highest BCUT2D eigenvalue weighted by molar-refractivity contribution is 6.44. The Bertz CT molecular complexity index is 1050. The zero-order valence-corrected chi connectivity index (χ0v) is 17.5. The van der Waals surface area contributed by atoms with Crippen LogP contribution < -0.4 is 15.5 Å². The number of anilines is 1. The molecule has 3 rings (SSSR count). The predicted octanol–water partition coefficient (Wildman–Crippen LogP) is 5.48. The summed E-state index contributed by atoms with van der Waals surface area (Å²) >= 11 is 18.2. The molecule has 1 amide bonds. The lowest BCUT2D eigenvalue weighted by Gasteiger charge is -2.09. The molecule has 0 unspecified atom stereocenters. The standard InChI is InChI=1S/C20H16Cl3N3O3/c1-28-19-5-3-2-4-17(19)24-11-20(27)26-25-10-12-6-7-18(29-12)13-8-15(22)16(23)9-14(13)21/h2-10,24H,11H2,1H3,(H,26,27). The van der Waals surface area contributed by atoms with Gasteiger partial charge in [0.25, 0.3) is 5.91 Å². The van der Waals surface area contributed by atoms with Gasteiger partial charge in [0.2, 0.25) is 0 Å². The van der Waals surface area contributed by atoms with Crippen molar-refractivity contribution in [2.45, 2.75) is 0 Å². The molecule has 0 fully saturated rings. The van der Waals surface area contributed by atoms with Crippen LogP contribution in [0.15, 0.2) is 58.0 Å². The molecule has 0 spiro atoms. The van der Waals surface area contributed by atoms with E-state index in [2.05, 4.69) is 15.8 Å². The number of halogens is 3. The van der Waals surface area contributed by atoms with E-state index in [1.807, 2.05) is 18.2 Å². The Morgan fingerprint density at radius 2 is 1.86 bits per heavy atom. The van der Waals surface area contributed by atoms with E-state index in [1.54, 1.807) is 37.4 Å². The highest BCUT2D eigenvalue weighted by Crippen LogP contribution is 2.35. The van der Waals surface area contributed by atoms with Crippen LogP contribution in [0.5, 0.6) is 5.75 Å². The summed E-state index contributed by atoms with van der Waals surface area (Å²) in [6.45, 7) is 0.0278. The molecule has 9 heteroatoms. The van der Waals surface area contributed by atoms with Gasteiger partial charge in [0.15, 0.2) is 0 Å². The SMILES string of the molecule is COc1ccccc1NCC(=O)NN=Cc1ccc(-c2cc(Cl)c(Cl)cc2Cl)o1. The van der Waals surface area contributed by atoms with Crippen LogP contribution >= 0.6 is 34.8 Å². The number of para-hydroxylation sites is 2. The largest absolute Gasteiger partial charge is 0.495 e. The zero-order chi connectivity index (χ0) is 20.8. The van der Waals surface area contributed by atoms with Crippen molar-refractivity contribution in [3.8, 4) is 17.1 Å². The van der Waals surface area contributed by atoms with Gasteiger partial charge in [0.05, 0.1) is 40.6 Å². The van der Waals surface area contributed by atoms with E-state index in [1.165, 1.54) is 6.21 Å². The Morgan fingerprint density at radius 3 is 2.66 bits per heavy atom. The van der Waals surface area contributed by atoms with Crippen LogP contribution in [0.3, 0.4) is 0 Å². The molecule has 150 valence electrons. The third-order valence-electron chi connectivity index (χ3n) is 3.83. The lowest BCUT2D eigenvalue weighted by molar-refractivity contribution is -0.119. The number of carbonyl (C=O) groups is 1. The second-order valence-electron chi connectivity index (χ2n) is 5.80. The molecule has 0 saturated carbocycles. The van der Waals surface area contributed by atoms with E-state index in [9.17, 15) is 4.79 Å². The highest BCUT2D eigenvalue weighted by atomic mass is 35.5. The summed E-state index contributed by atoms with van der Waals surface area (Å²) < 4.78 is 10.9. The second-order valence-corrected chi connectivity index (χ2v) is 7.02. The minimum atomic E-state index is -0.327. The van der Waals surface area contributed by atoms with Crippen molar-refractivity contribution >= 4 is 52.6 Å².